The van der Waals surface area contributed by atoms with E-state index in [2.05, 4.69) is 9.71 Å². The molecule has 6 nitrogen and oxygen atoms in total. The Hall–Kier alpha value is -1.77. The van der Waals surface area contributed by atoms with Crippen LogP contribution in [0.5, 0.6) is 0 Å². The molecule has 0 radical (unpaired) electrons. The molecule has 8 heteroatoms. The van der Waals surface area contributed by atoms with Gasteiger partial charge in [0.05, 0.1) is 16.8 Å². The molecule has 2 rings (SSSR count). The van der Waals surface area contributed by atoms with Gasteiger partial charge in [0.25, 0.3) is 10.0 Å². The average Bonchev–Trinajstić information content (AvgIpc) is 2.86. The highest BCUT2D eigenvalue weighted by molar-refractivity contribution is 7.91. The lowest BCUT2D eigenvalue weighted by molar-refractivity contribution is 0.0695. The Kier molecular flexibility index (Phi) is 4.71. The van der Waals surface area contributed by atoms with Crippen LogP contribution in [0.3, 0.4) is 0 Å². The normalized spacial score (nSPS) is 11.5. The number of benzene rings is 1. The van der Waals surface area contributed by atoms with E-state index in [1.807, 2.05) is 0 Å². The molecule has 0 aliphatic rings. The summed E-state index contributed by atoms with van der Waals surface area (Å²) in [5.41, 5.74) is 0.776. The summed E-state index contributed by atoms with van der Waals surface area (Å²) in [4.78, 5) is 15.0. The van der Waals surface area contributed by atoms with Crippen molar-refractivity contribution >= 4 is 27.3 Å². The minimum absolute atomic E-state index is 0.129. The Balaban J connectivity index is 2.03. The fourth-order valence-electron chi connectivity index (χ4n) is 1.80. The third-order valence-corrected chi connectivity index (χ3v) is 5.63. The third-order valence-electron chi connectivity index (χ3n) is 2.80. The Morgan fingerprint density at radius 3 is 2.71 bits per heavy atom. The molecule has 0 aliphatic heterocycles. The molecule has 2 aromatic rings. The van der Waals surface area contributed by atoms with Crippen molar-refractivity contribution in [3.8, 4) is 0 Å². The lowest BCUT2D eigenvalue weighted by atomic mass is 10.1. The molecule has 0 amide bonds. The van der Waals surface area contributed by atoms with Gasteiger partial charge in [-0.25, -0.2) is 22.9 Å². The number of nitrogens with one attached hydrogen (secondary N) is 1. The Bertz CT molecular complexity index is 753. The highest BCUT2D eigenvalue weighted by Gasteiger charge is 2.17. The molecule has 1 aromatic heterocycles. The lowest BCUT2D eigenvalue weighted by Crippen LogP contribution is -2.25. The second kappa shape index (κ2) is 6.33. The van der Waals surface area contributed by atoms with Crippen LogP contribution in [0.2, 0.25) is 0 Å². The molecule has 0 fully saturated rings. The van der Waals surface area contributed by atoms with Crippen LogP contribution in [0.15, 0.2) is 34.7 Å². The fourth-order valence-corrected chi connectivity index (χ4v) is 3.99. The molecule has 1 aromatic carbocycles. The molecular weight excluding hydrogens is 312 g/mol. The van der Waals surface area contributed by atoms with Crippen molar-refractivity contribution in [1.82, 2.24) is 9.71 Å². The maximum absolute atomic E-state index is 12.0. The zero-order chi connectivity index (χ0) is 15.5. The minimum atomic E-state index is -3.58. The molecule has 1 heterocycles. The number of aryl methyl sites for hydroxylation is 1. The first kappa shape index (κ1) is 15.6. The fraction of sp³-hybridized carbons (Fsp3) is 0.231. The number of nitrogens with zero attached hydrogens (tertiary/aromatic N) is 1. The second-order valence-corrected chi connectivity index (χ2v) is 7.54. The van der Waals surface area contributed by atoms with Gasteiger partial charge in [-0.1, -0.05) is 18.2 Å². The van der Waals surface area contributed by atoms with Crippen LogP contribution in [0.4, 0.5) is 0 Å². The van der Waals surface area contributed by atoms with E-state index in [0.29, 0.717) is 17.0 Å². The number of carboxylic acid groups (broad SMARTS) is 1. The predicted molar refractivity (Wildman–Crippen MR) is 79.1 cm³/mol. The molecule has 0 unspecified atom stereocenters. The standard InChI is InChI=1S/C13H14N2O4S2/c1-9-14-8-12(20-9)21(18,19)15-7-6-10-4-2-3-5-11(10)13(16)17/h2-5,8,15H,6-7H2,1H3,(H,16,17). The van der Waals surface area contributed by atoms with Crippen LogP contribution in [0.25, 0.3) is 0 Å². The summed E-state index contributed by atoms with van der Waals surface area (Å²) in [5.74, 6) is -1.02. The molecule has 0 saturated carbocycles. The summed E-state index contributed by atoms with van der Waals surface area (Å²) in [6, 6.07) is 6.54. The zero-order valence-electron chi connectivity index (χ0n) is 11.2. The topological polar surface area (TPSA) is 96.4 Å². The SMILES string of the molecule is Cc1ncc(S(=O)(=O)NCCc2ccccc2C(=O)O)s1. The van der Waals surface area contributed by atoms with E-state index in [1.165, 1.54) is 12.3 Å². The molecule has 2 N–H and O–H groups in total. The van der Waals surface area contributed by atoms with Crippen molar-refractivity contribution in [2.75, 3.05) is 6.54 Å². The number of carboxylic acids is 1. The lowest BCUT2D eigenvalue weighted by Gasteiger charge is -2.07. The summed E-state index contributed by atoms with van der Waals surface area (Å²) in [7, 11) is -3.58. The first-order chi connectivity index (χ1) is 9.90. The molecule has 0 atom stereocenters. The van der Waals surface area contributed by atoms with E-state index in [0.717, 1.165) is 11.3 Å². The van der Waals surface area contributed by atoms with Gasteiger partial charge < -0.3 is 5.11 Å². The molecule has 0 spiro atoms. The second-order valence-electron chi connectivity index (χ2n) is 4.31. The summed E-state index contributed by atoms with van der Waals surface area (Å²) in [6.45, 7) is 1.86. The Morgan fingerprint density at radius 2 is 2.10 bits per heavy atom. The number of thiazole rings is 1. The molecular formula is C13H14N2O4S2. The van der Waals surface area contributed by atoms with Crippen LogP contribution in [0, 0.1) is 6.92 Å². The number of hydrogen-bond donors (Lipinski definition) is 2. The third kappa shape index (κ3) is 3.87. The van der Waals surface area contributed by atoms with Crippen molar-refractivity contribution in [2.24, 2.45) is 0 Å². The smallest absolute Gasteiger partial charge is 0.335 e. The van der Waals surface area contributed by atoms with Crippen molar-refractivity contribution in [3.05, 3.63) is 46.6 Å². The number of hydrogen-bond acceptors (Lipinski definition) is 5. The summed E-state index contributed by atoms with van der Waals surface area (Å²) in [5, 5.41) is 9.73. The van der Waals surface area contributed by atoms with Crippen LogP contribution < -0.4 is 4.72 Å². The monoisotopic (exact) mass is 326 g/mol. The highest BCUT2D eigenvalue weighted by atomic mass is 32.2. The van der Waals surface area contributed by atoms with Crippen molar-refractivity contribution in [1.29, 1.82) is 0 Å². The van der Waals surface area contributed by atoms with Crippen LogP contribution in [-0.4, -0.2) is 31.0 Å². The molecule has 21 heavy (non-hydrogen) atoms. The van der Waals surface area contributed by atoms with Gasteiger partial charge in [0, 0.05) is 6.54 Å². The van der Waals surface area contributed by atoms with Gasteiger partial charge in [0.1, 0.15) is 0 Å². The van der Waals surface area contributed by atoms with Crippen molar-refractivity contribution < 1.29 is 18.3 Å². The van der Waals surface area contributed by atoms with E-state index >= 15 is 0 Å². The summed E-state index contributed by atoms with van der Waals surface area (Å²) in [6.07, 6.45) is 1.62. The quantitative estimate of drug-likeness (QED) is 0.842. The van der Waals surface area contributed by atoms with E-state index in [4.69, 9.17) is 5.11 Å². The average molecular weight is 326 g/mol. The van der Waals surface area contributed by atoms with Gasteiger partial charge in [-0.3, -0.25) is 0 Å². The van der Waals surface area contributed by atoms with E-state index < -0.39 is 16.0 Å². The first-order valence-corrected chi connectivity index (χ1v) is 8.43. The van der Waals surface area contributed by atoms with Crippen LogP contribution >= 0.6 is 11.3 Å². The highest BCUT2D eigenvalue weighted by Crippen LogP contribution is 2.17. The summed E-state index contributed by atoms with van der Waals surface area (Å²) >= 11 is 1.09. The predicted octanol–water partition coefficient (Wildman–Crippen LogP) is 1.67. The largest absolute Gasteiger partial charge is 0.478 e. The van der Waals surface area contributed by atoms with Gasteiger partial charge in [-0.05, 0) is 25.0 Å². The zero-order valence-corrected chi connectivity index (χ0v) is 12.9. The van der Waals surface area contributed by atoms with Gasteiger partial charge in [-0.15, -0.1) is 11.3 Å². The first-order valence-electron chi connectivity index (χ1n) is 6.13. The van der Waals surface area contributed by atoms with E-state index in [1.54, 1.807) is 25.1 Å². The number of carbonyl (C=O) groups is 1. The van der Waals surface area contributed by atoms with E-state index in [-0.39, 0.29) is 16.3 Å². The minimum Gasteiger partial charge on any atom is -0.478 e. The molecule has 0 saturated heterocycles. The van der Waals surface area contributed by atoms with Gasteiger partial charge in [0.2, 0.25) is 0 Å². The molecule has 0 bridgehead atoms. The number of aromatic carboxylic acids is 1. The van der Waals surface area contributed by atoms with Crippen molar-refractivity contribution in [2.45, 2.75) is 17.6 Å². The Labute approximate surface area is 126 Å². The molecule has 0 aliphatic carbocycles. The number of rotatable bonds is 6. The Morgan fingerprint density at radius 1 is 1.38 bits per heavy atom. The maximum Gasteiger partial charge on any atom is 0.335 e. The van der Waals surface area contributed by atoms with Crippen LogP contribution in [-0.2, 0) is 16.4 Å². The van der Waals surface area contributed by atoms with E-state index in [9.17, 15) is 13.2 Å². The van der Waals surface area contributed by atoms with Crippen molar-refractivity contribution in [3.63, 3.8) is 0 Å². The van der Waals surface area contributed by atoms with Gasteiger partial charge in [-0.2, -0.15) is 0 Å². The summed E-state index contributed by atoms with van der Waals surface area (Å²) < 4.78 is 26.6. The van der Waals surface area contributed by atoms with Gasteiger partial charge >= 0.3 is 5.97 Å². The maximum atomic E-state index is 12.0. The van der Waals surface area contributed by atoms with Gasteiger partial charge in [0.15, 0.2) is 4.21 Å². The van der Waals surface area contributed by atoms with Crippen LogP contribution in [0.1, 0.15) is 20.9 Å². The molecule has 112 valence electrons. The number of sulfonamides is 1. The number of aromatic nitrogens is 1.